The van der Waals surface area contributed by atoms with Gasteiger partial charge < -0.3 is 9.84 Å². The molecule has 0 saturated carbocycles. The molecule has 1 amide bonds. The molecule has 0 aliphatic heterocycles. The third kappa shape index (κ3) is 4.67. The maximum absolute atomic E-state index is 13.6. The van der Waals surface area contributed by atoms with E-state index < -0.39 is 27.5 Å². The molecule has 2 aromatic rings. The van der Waals surface area contributed by atoms with Gasteiger partial charge in [0.2, 0.25) is 10.0 Å². The Bertz CT molecular complexity index is 802. The number of benzene rings is 1. The summed E-state index contributed by atoms with van der Waals surface area (Å²) in [5, 5.41) is 5.74. The molecule has 23 heavy (non-hydrogen) atoms. The van der Waals surface area contributed by atoms with Gasteiger partial charge in [0.25, 0.3) is 5.91 Å². The molecular formula is C13H13ClFN3O4S. The highest BCUT2D eigenvalue weighted by atomic mass is 35.5. The summed E-state index contributed by atoms with van der Waals surface area (Å²) in [6, 6.07) is 5.23. The van der Waals surface area contributed by atoms with E-state index in [1.807, 2.05) is 0 Å². The number of aromatic nitrogens is 1. The Morgan fingerprint density at radius 3 is 2.78 bits per heavy atom. The van der Waals surface area contributed by atoms with Crippen molar-refractivity contribution in [2.45, 2.75) is 6.92 Å². The minimum Gasteiger partial charge on any atom is -0.360 e. The molecule has 1 heterocycles. The fourth-order valence-electron chi connectivity index (χ4n) is 1.73. The Hall–Kier alpha value is -2.13. The van der Waals surface area contributed by atoms with Crippen LogP contribution in [-0.2, 0) is 10.0 Å². The standard InChI is InChI=1S/C13H13ClFN3O4S/c1-8-7-11(17-22-8)18-23(20,21)6-5-16-13(19)12-9(14)3-2-4-10(12)15/h2-4,7H,5-6H2,1H3,(H,16,19)(H,17,18). The molecular weight excluding hydrogens is 349 g/mol. The van der Waals surface area contributed by atoms with E-state index in [1.165, 1.54) is 18.2 Å². The molecule has 2 rings (SSSR count). The molecule has 0 atom stereocenters. The first kappa shape index (κ1) is 17.2. The third-order valence-electron chi connectivity index (χ3n) is 2.73. The number of carbonyl (C=O) groups excluding carboxylic acids is 1. The van der Waals surface area contributed by atoms with Crippen LogP contribution in [0.1, 0.15) is 16.1 Å². The minimum atomic E-state index is -3.73. The number of halogens is 2. The van der Waals surface area contributed by atoms with Crippen LogP contribution in [0.2, 0.25) is 5.02 Å². The molecule has 124 valence electrons. The van der Waals surface area contributed by atoms with E-state index in [1.54, 1.807) is 6.92 Å². The monoisotopic (exact) mass is 361 g/mol. The van der Waals surface area contributed by atoms with Crippen molar-refractivity contribution in [3.8, 4) is 0 Å². The lowest BCUT2D eigenvalue weighted by atomic mass is 10.2. The minimum absolute atomic E-state index is 0.0472. The fourth-order valence-corrected chi connectivity index (χ4v) is 2.86. The molecule has 1 aromatic carbocycles. The first-order valence-corrected chi connectivity index (χ1v) is 8.47. The normalized spacial score (nSPS) is 11.3. The van der Waals surface area contributed by atoms with Crippen molar-refractivity contribution in [1.29, 1.82) is 0 Å². The topological polar surface area (TPSA) is 101 Å². The lowest BCUT2D eigenvalue weighted by Crippen LogP contribution is -2.31. The number of hydrogen-bond acceptors (Lipinski definition) is 5. The van der Waals surface area contributed by atoms with Crippen molar-refractivity contribution < 1.29 is 22.1 Å². The van der Waals surface area contributed by atoms with E-state index in [9.17, 15) is 17.6 Å². The Morgan fingerprint density at radius 2 is 2.17 bits per heavy atom. The average Bonchev–Trinajstić information content (AvgIpc) is 2.82. The second-order valence-corrected chi connectivity index (χ2v) is 6.85. The molecule has 0 unspecified atom stereocenters. The summed E-state index contributed by atoms with van der Waals surface area (Å²) in [7, 11) is -3.73. The van der Waals surface area contributed by atoms with Crippen LogP contribution in [0, 0.1) is 12.7 Å². The number of anilines is 1. The molecule has 2 N–H and O–H groups in total. The van der Waals surface area contributed by atoms with E-state index in [0.29, 0.717) is 5.76 Å². The Kier molecular flexibility index (Phi) is 5.22. The first-order valence-electron chi connectivity index (χ1n) is 6.44. The highest BCUT2D eigenvalue weighted by molar-refractivity contribution is 7.92. The van der Waals surface area contributed by atoms with Crippen molar-refractivity contribution in [3.05, 3.63) is 46.4 Å². The van der Waals surface area contributed by atoms with Gasteiger partial charge in [-0.05, 0) is 19.1 Å². The molecule has 0 aliphatic carbocycles. The van der Waals surface area contributed by atoms with Crippen LogP contribution < -0.4 is 10.0 Å². The zero-order valence-electron chi connectivity index (χ0n) is 12.0. The fraction of sp³-hybridized carbons (Fsp3) is 0.231. The first-order chi connectivity index (χ1) is 10.8. The predicted octanol–water partition coefficient (Wildman–Crippen LogP) is 1.95. The molecule has 1 aromatic heterocycles. The number of rotatable bonds is 6. The third-order valence-corrected chi connectivity index (χ3v) is 4.31. The van der Waals surface area contributed by atoms with Gasteiger partial charge in [0.05, 0.1) is 16.3 Å². The van der Waals surface area contributed by atoms with Crippen LogP contribution in [0.15, 0.2) is 28.8 Å². The zero-order chi connectivity index (χ0) is 17.0. The van der Waals surface area contributed by atoms with Crippen molar-refractivity contribution in [2.75, 3.05) is 17.0 Å². The number of amides is 1. The number of nitrogens with one attached hydrogen (secondary N) is 2. The number of nitrogens with zero attached hydrogens (tertiary/aromatic N) is 1. The van der Waals surface area contributed by atoms with E-state index in [2.05, 4.69) is 15.2 Å². The van der Waals surface area contributed by atoms with Gasteiger partial charge in [-0.15, -0.1) is 0 Å². The SMILES string of the molecule is Cc1cc(NS(=O)(=O)CCNC(=O)c2c(F)cccc2Cl)no1. The summed E-state index contributed by atoms with van der Waals surface area (Å²) in [6.45, 7) is 1.39. The van der Waals surface area contributed by atoms with Gasteiger partial charge in [-0.1, -0.05) is 22.8 Å². The molecule has 0 aliphatic rings. The molecule has 0 saturated heterocycles. The van der Waals surface area contributed by atoms with Gasteiger partial charge in [-0.25, -0.2) is 12.8 Å². The summed E-state index contributed by atoms with van der Waals surface area (Å²) in [5.41, 5.74) is -0.327. The van der Waals surface area contributed by atoms with E-state index >= 15 is 0 Å². The van der Waals surface area contributed by atoms with Gasteiger partial charge in [0.1, 0.15) is 11.6 Å². The molecule has 0 radical (unpaired) electrons. The maximum atomic E-state index is 13.6. The van der Waals surface area contributed by atoms with Gasteiger partial charge in [0, 0.05) is 12.6 Å². The highest BCUT2D eigenvalue weighted by Gasteiger charge is 2.17. The Morgan fingerprint density at radius 1 is 1.43 bits per heavy atom. The second-order valence-electron chi connectivity index (χ2n) is 4.60. The van der Waals surface area contributed by atoms with Gasteiger partial charge >= 0.3 is 0 Å². The van der Waals surface area contributed by atoms with E-state index in [4.69, 9.17) is 16.1 Å². The summed E-state index contributed by atoms with van der Waals surface area (Å²) < 4.78 is 44.1. The van der Waals surface area contributed by atoms with Crippen molar-refractivity contribution in [1.82, 2.24) is 10.5 Å². The average molecular weight is 362 g/mol. The largest absolute Gasteiger partial charge is 0.360 e. The maximum Gasteiger partial charge on any atom is 0.255 e. The van der Waals surface area contributed by atoms with Gasteiger partial charge in [0.15, 0.2) is 5.82 Å². The van der Waals surface area contributed by atoms with Crippen LogP contribution in [0.25, 0.3) is 0 Å². The Balaban J connectivity index is 1.92. The lowest BCUT2D eigenvalue weighted by molar-refractivity contribution is 0.0952. The molecule has 10 heteroatoms. The molecule has 0 bridgehead atoms. The summed E-state index contributed by atoms with van der Waals surface area (Å²) in [6.07, 6.45) is 0. The Labute approximate surface area is 136 Å². The number of aryl methyl sites for hydroxylation is 1. The number of hydrogen-bond donors (Lipinski definition) is 2. The summed E-state index contributed by atoms with van der Waals surface area (Å²) in [4.78, 5) is 11.9. The summed E-state index contributed by atoms with van der Waals surface area (Å²) in [5.74, 6) is -1.50. The van der Waals surface area contributed by atoms with E-state index in [0.717, 1.165) is 6.07 Å². The molecule has 0 spiro atoms. The van der Waals surface area contributed by atoms with Crippen LogP contribution >= 0.6 is 11.6 Å². The lowest BCUT2D eigenvalue weighted by Gasteiger charge is -2.08. The van der Waals surface area contributed by atoms with Gasteiger partial charge in [-0.3, -0.25) is 9.52 Å². The second kappa shape index (κ2) is 6.97. The number of sulfonamides is 1. The van der Waals surface area contributed by atoms with E-state index in [-0.39, 0.29) is 22.9 Å². The van der Waals surface area contributed by atoms with Crippen LogP contribution in [0.4, 0.5) is 10.2 Å². The highest BCUT2D eigenvalue weighted by Crippen LogP contribution is 2.18. The predicted molar refractivity (Wildman–Crippen MR) is 82.4 cm³/mol. The van der Waals surface area contributed by atoms with Crippen molar-refractivity contribution in [3.63, 3.8) is 0 Å². The van der Waals surface area contributed by atoms with Crippen molar-refractivity contribution >= 4 is 33.3 Å². The quantitative estimate of drug-likeness (QED) is 0.818. The van der Waals surface area contributed by atoms with Crippen LogP contribution in [0.5, 0.6) is 0 Å². The smallest absolute Gasteiger partial charge is 0.255 e. The molecule has 7 nitrogen and oxygen atoms in total. The van der Waals surface area contributed by atoms with Crippen LogP contribution in [0.3, 0.4) is 0 Å². The van der Waals surface area contributed by atoms with Gasteiger partial charge in [-0.2, -0.15) is 0 Å². The van der Waals surface area contributed by atoms with Crippen molar-refractivity contribution in [2.24, 2.45) is 0 Å². The van der Waals surface area contributed by atoms with Crippen LogP contribution in [-0.4, -0.2) is 31.8 Å². The molecule has 0 fully saturated rings. The summed E-state index contributed by atoms with van der Waals surface area (Å²) >= 11 is 5.75. The zero-order valence-corrected chi connectivity index (χ0v) is 13.5. The number of carbonyl (C=O) groups is 1.